The molecule has 0 aliphatic heterocycles. The molecular weight excluding hydrogens is 1140 g/mol. The van der Waals surface area contributed by atoms with E-state index in [0.29, 0.717) is 0 Å². The van der Waals surface area contributed by atoms with Crippen LogP contribution in [-0.2, 0) is 0 Å². The van der Waals surface area contributed by atoms with Gasteiger partial charge in [0.1, 0.15) is 22.3 Å². The van der Waals surface area contributed by atoms with Crippen molar-refractivity contribution < 1.29 is 8.83 Å². The van der Waals surface area contributed by atoms with E-state index in [4.69, 9.17) is 8.83 Å². The zero-order valence-corrected chi connectivity index (χ0v) is 51.0. The molecule has 18 aromatic carbocycles. The summed E-state index contributed by atoms with van der Waals surface area (Å²) >= 11 is 0. The third-order valence-electron chi connectivity index (χ3n) is 20.2. The number of benzene rings is 18. The predicted octanol–water partition coefficient (Wildman–Crippen LogP) is 26.4. The molecule has 2 aromatic heterocycles. The van der Waals surface area contributed by atoms with Crippen LogP contribution in [0.5, 0.6) is 0 Å². The van der Waals surface area contributed by atoms with Gasteiger partial charge >= 0.3 is 0 Å². The van der Waals surface area contributed by atoms with Crippen LogP contribution in [0.1, 0.15) is 0 Å². The average Bonchev–Trinajstić information content (AvgIpc) is 1.10. The summed E-state index contributed by atoms with van der Waals surface area (Å²) in [6.07, 6.45) is 0. The van der Waals surface area contributed by atoms with Crippen LogP contribution in [0.4, 0.5) is 0 Å². The Morgan fingerprint density at radius 2 is 0.479 bits per heavy atom. The molecule has 94 heavy (non-hydrogen) atoms. The van der Waals surface area contributed by atoms with Crippen molar-refractivity contribution >= 4 is 130 Å². The maximum atomic E-state index is 7.43. The van der Waals surface area contributed by atoms with Crippen LogP contribution < -0.4 is 0 Å². The molecule has 0 N–H and O–H groups in total. The van der Waals surface area contributed by atoms with E-state index in [1.54, 1.807) is 0 Å². The highest BCUT2D eigenvalue weighted by Gasteiger charge is 2.26. The Morgan fingerprint density at radius 1 is 0.149 bits per heavy atom. The molecule has 2 nitrogen and oxygen atoms in total. The molecule has 0 unspecified atom stereocenters. The van der Waals surface area contributed by atoms with Gasteiger partial charge in [-0.2, -0.15) is 0 Å². The zero-order valence-electron chi connectivity index (χ0n) is 51.0. The quantitative estimate of drug-likeness (QED) is 0.149. The maximum Gasteiger partial charge on any atom is 0.143 e. The molecule has 0 saturated heterocycles. The summed E-state index contributed by atoms with van der Waals surface area (Å²) < 4.78 is 14.3. The Kier molecular flexibility index (Phi) is 11.5. The first-order valence-corrected chi connectivity index (χ1v) is 32.5. The van der Waals surface area contributed by atoms with Gasteiger partial charge in [0.05, 0.1) is 0 Å². The van der Waals surface area contributed by atoms with Crippen LogP contribution in [-0.4, -0.2) is 0 Å². The first kappa shape index (κ1) is 52.4. The van der Waals surface area contributed by atoms with Crippen molar-refractivity contribution in [3.8, 4) is 77.9 Å². The van der Waals surface area contributed by atoms with Crippen molar-refractivity contribution in [2.24, 2.45) is 0 Å². The molecule has 0 bridgehead atoms. The first-order chi connectivity index (χ1) is 46.7. The van der Waals surface area contributed by atoms with E-state index in [1.807, 2.05) is 0 Å². The number of fused-ring (bicyclic) bond motifs is 14. The van der Waals surface area contributed by atoms with Crippen molar-refractivity contribution in [3.63, 3.8) is 0 Å². The van der Waals surface area contributed by atoms with E-state index in [0.717, 1.165) is 93.8 Å². The molecule has 0 radical (unpaired) electrons. The number of hydrogen-bond acceptors (Lipinski definition) is 2. The summed E-state index contributed by atoms with van der Waals surface area (Å²) in [7, 11) is 0. The number of rotatable bonds is 7. The van der Waals surface area contributed by atoms with Crippen LogP contribution in [0, 0.1) is 0 Å². The Balaban J connectivity index is 0.801. The molecule has 0 atom stereocenters. The van der Waals surface area contributed by atoms with Gasteiger partial charge in [0, 0.05) is 32.7 Å². The molecule has 0 fully saturated rings. The molecule has 0 amide bonds. The topological polar surface area (TPSA) is 26.3 Å². The van der Waals surface area contributed by atoms with Crippen LogP contribution >= 0.6 is 0 Å². The smallest absolute Gasteiger partial charge is 0.143 e. The van der Waals surface area contributed by atoms with E-state index < -0.39 is 0 Å². The highest BCUT2D eigenvalue weighted by Crippen LogP contribution is 2.53. The molecule has 2 heterocycles. The van der Waals surface area contributed by atoms with Gasteiger partial charge in [0.2, 0.25) is 0 Å². The minimum Gasteiger partial charge on any atom is -0.455 e. The fourth-order valence-corrected chi connectivity index (χ4v) is 16.2. The maximum absolute atomic E-state index is 7.43. The molecule has 0 spiro atoms. The lowest BCUT2D eigenvalue weighted by atomic mass is 9.82. The Labute approximate surface area is 541 Å². The molecule has 434 valence electrons. The third-order valence-corrected chi connectivity index (χ3v) is 20.2. The molecule has 20 rings (SSSR count). The van der Waals surface area contributed by atoms with Crippen molar-refractivity contribution in [1.29, 1.82) is 0 Å². The molecule has 0 aliphatic carbocycles. The highest BCUT2D eigenvalue weighted by atomic mass is 16.3. The van der Waals surface area contributed by atoms with Gasteiger partial charge in [-0.1, -0.05) is 297 Å². The zero-order chi connectivity index (χ0) is 61.5. The Hall–Kier alpha value is -12.4. The fourth-order valence-electron chi connectivity index (χ4n) is 16.2. The standard InChI is InChI=1S/C92H54O2/c1-4-29-59-55(23-1)26-17-41-62(59)80-54-86-81(53-82(80)90-76-39-13-11-37-74(76)88(75-38-12-14-40-77(75)90)68-46-19-28-57-25-3-6-31-61(57)68)79-49-22-48-78(91(79)94-86)66-45-20-44-65-64(66)43-21-47-69(65)89-72-35-9-7-33-70(72)87(71-34-8-10-36-73(71)89)58-51-83(63-42-18-27-56-24-2-5-30-60(56)63)92-84(52-58)67-32-15-16-50-85(67)93-92/h1-54H. The minimum atomic E-state index is 0.846. The second-order valence-corrected chi connectivity index (χ2v) is 25.1. The SMILES string of the molecule is c1ccc2c(-c3cc4oc5c(-c6cccc7c(-c8c9ccccc9c(-c9cc(-c%10cccc%11ccccc%10%11)c%10oc%11ccccc%11c%10c9)c9ccccc89)cccc67)cccc5c4cc3-c3c4ccccc4c(-c4cccc5ccccc45)c4ccccc34)cccc2c1. The van der Waals surface area contributed by atoms with Crippen molar-refractivity contribution in [2.75, 3.05) is 0 Å². The summed E-state index contributed by atoms with van der Waals surface area (Å²) in [5, 5.41) is 23.5. The summed E-state index contributed by atoms with van der Waals surface area (Å²) in [5.74, 6) is 0. The molecule has 2 heteroatoms. The normalized spacial score (nSPS) is 12.0. The van der Waals surface area contributed by atoms with Crippen LogP contribution in [0.25, 0.3) is 208 Å². The van der Waals surface area contributed by atoms with Gasteiger partial charge in [-0.3, -0.25) is 0 Å². The molecular formula is C92H54O2. The first-order valence-electron chi connectivity index (χ1n) is 32.5. The van der Waals surface area contributed by atoms with Crippen LogP contribution in [0.3, 0.4) is 0 Å². The van der Waals surface area contributed by atoms with Gasteiger partial charge in [-0.05, 0) is 183 Å². The summed E-state index contributed by atoms with van der Waals surface area (Å²) in [4.78, 5) is 0. The summed E-state index contributed by atoms with van der Waals surface area (Å²) in [5.41, 5.74) is 19.8. The van der Waals surface area contributed by atoms with Crippen LogP contribution in [0.2, 0.25) is 0 Å². The van der Waals surface area contributed by atoms with E-state index in [2.05, 4.69) is 328 Å². The van der Waals surface area contributed by atoms with Crippen molar-refractivity contribution in [1.82, 2.24) is 0 Å². The van der Waals surface area contributed by atoms with E-state index in [-0.39, 0.29) is 0 Å². The lowest BCUT2D eigenvalue weighted by Gasteiger charge is -2.21. The van der Waals surface area contributed by atoms with Gasteiger partial charge in [0.25, 0.3) is 0 Å². The van der Waals surface area contributed by atoms with Gasteiger partial charge < -0.3 is 8.83 Å². The van der Waals surface area contributed by atoms with Crippen LogP contribution in [0.15, 0.2) is 336 Å². The number of para-hydroxylation sites is 2. The number of hydrogen-bond donors (Lipinski definition) is 0. The second kappa shape index (κ2) is 20.6. The largest absolute Gasteiger partial charge is 0.455 e. The lowest BCUT2D eigenvalue weighted by molar-refractivity contribution is 0.670. The van der Waals surface area contributed by atoms with E-state index >= 15 is 0 Å². The summed E-state index contributed by atoms with van der Waals surface area (Å²) in [6, 6.07) is 121. The van der Waals surface area contributed by atoms with Crippen molar-refractivity contribution in [2.45, 2.75) is 0 Å². The summed E-state index contributed by atoms with van der Waals surface area (Å²) in [6.45, 7) is 0. The number of furan rings is 2. The predicted molar refractivity (Wildman–Crippen MR) is 399 cm³/mol. The Bertz CT molecular complexity index is 6480. The van der Waals surface area contributed by atoms with Gasteiger partial charge in [-0.15, -0.1) is 0 Å². The van der Waals surface area contributed by atoms with E-state index in [9.17, 15) is 0 Å². The monoisotopic (exact) mass is 1190 g/mol. The second-order valence-electron chi connectivity index (χ2n) is 25.1. The van der Waals surface area contributed by atoms with E-state index in [1.165, 1.54) is 114 Å². The Morgan fingerprint density at radius 3 is 1.01 bits per heavy atom. The average molecular weight is 1190 g/mol. The highest BCUT2D eigenvalue weighted by molar-refractivity contribution is 6.28. The minimum absolute atomic E-state index is 0.846. The molecule has 20 aromatic rings. The molecule has 0 saturated carbocycles. The van der Waals surface area contributed by atoms with Gasteiger partial charge in [0.15, 0.2) is 0 Å². The third kappa shape index (κ3) is 7.78. The fraction of sp³-hybridized carbons (Fsp3) is 0. The lowest BCUT2D eigenvalue weighted by Crippen LogP contribution is -1.94. The van der Waals surface area contributed by atoms with Crippen molar-refractivity contribution in [3.05, 3.63) is 328 Å². The van der Waals surface area contributed by atoms with Gasteiger partial charge in [-0.25, -0.2) is 0 Å². The molecule has 0 aliphatic rings.